The lowest BCUT2D eigenvalue weighted by molar-refractivity contribution is -0.121. The van der Waals surface area contributed by atoms with Gasteiger partial charge in [-0.1, -0.05) is 0 Å². The zero-order valence-corrected chi connectivity index (χ0v) is 22.3. The Balaban J connectivity index is 0.00000512. The zero-order valence-electron chi connectivity index (χ0n) is 19.9. The van der Waals surface area contributed by atoms with Gasteiger partial charge < -0.3 is 20.7 Å². The van der Waals surface area contributed by atoms with E-state index in [-0.39, 0.29) is 48.1 Å². The van der Waals surface area contributed by atoms with E-state index in [1.165, 1.54) is 0 Å². The van der Waals surface area contributed by atoms with E-state index < -0.39 is 0 Å². The van der Waals surface area contributed by atoms with Crippen LogP contribution in [-0.2, 0) is 11.3 Å². The number of ether oxygens (including phenoxy) is 1. The molecule has 0 fully saturated rings. The topological polar surface area (TPSA) is 92.6 Å². The number of hydrogen-bond donors (Lipinski definition) is 3. The van der Waals surface area contributed by atoms with Crippen molar-refractivity contribution >= 4 is 41.5 Å². The summed E-state index contributed by atoms with van der Waals surface area (Å²) in [6.45, 7) is 13.4. The second-order valence-electron chi connectivity index (χ2n) is 8.84. The highest BCUT2D eigenvalue weighted by Crippen LogP contribution is 2.16. The van der Waals surface area contributed by atoms with E-state index in [2.05, 4.69) is 26.0 Å². The Hall–Kier alpha value is -2.30. The molecule has 9 heteroatoms. The Labute approximate surface area is 208 Å². The fourth-order valence-corrected chi connectivity index (χ4v) is 2.81. The van der Waals surface area contributed by atoms with E-state index in [1.54, 1.807) is 0 Å². The van der Waals surface area contributed by atoms with Crippen molar-refractivity contribution in [2.75, 3.05) is 18.4 Å². The van der Waals surface area contributed by atoms with Crippen LogP contribution in [0.15, 0.2) is 41.7 Å². The predicted octanol–water partition coefficient (Wildman–Crippen LogP) is 3.96. The lowest BCUT2D eigenvalue weighted by Crippen LogP contribution is -2.42. The van der Waals surface area contributed by atoms with Crippen LogP contribution < -0.4 is 20.7 Å². The molecule has 0 aliphatic carbocycles. The van der Waals surface area contributed by atoms with Gasteiger partial charge in [-0.25, -0.2) is 4.99 Å². The maximum Gasteiger partial charge on any atom is 0.242 e. The van der Waals surface area contributed by atoms with Crippen molar-refractivity contribution in [3.05, 3.63) is 42.2 Å². The summed E-state index contributed by atoms with van der Waals surface area (Å²) >= 11 is 0. The molecule has 1 heterocycles. The molecule has 1 aromatic carbocycles. The number of aromatic nitrogens is 2. The minimum Gasteiger partial charge on any atom is -0.491 e. The maximum absolute atomic E-state index is 12.2. The molecule has 178 valence electrons. The number of aryl methyl sites for hydroxylation is 2. The number of nitrogens with zero attached hydrogens (tertiary/aromatic N) is 3. The third-order valence-electron chi connectivity index (χ3n) is 4.00. The highest BCUT2D eigenvalue weighted by molar-refractivity contribution is 14.0. The van der Waals surface area contributed by atoms with E-state index >= 15 is 0 Å². The predicted molar refractivity (Wildman–Crippen MR) is 141 cm³/mol. The summed E-state index contributed by atoms with van der Waals surface area (Å²) in [5.74, 6) is 1.24. The number of anilines is 1. The molecule has 0 saturated carbocycles. The minimum atomic E-state index is -0.290. The van der Waals surface area contributed by atoms with Crippen molar-refractivity contribution in [1.82, 2.24) is 20.4 Å². The smallest absolute Gasteiger partial charge is 0.242 e. The van der Waals surface area contributed by atoms with Crippen LogP contribution in [0, 0.1) is 6.92 Å². The molecule has 2 rings (SSSR count). The molecule has 0 spiro atoms. The van der Waals surface area contributed by atoms with E-state index in [4.69, 9.17) is 4.74 Å². The van der Waals surface area contributed by atoms with Crippen LogP contribution in [0.5, 0.6) is 5.75 Å². The van der Waals surface area contributed by atoms with Crippen LogP contribution in [0.2, 0.25) is 0 Å². The van der Waals surface area contributed by atoms with E-state index in [0.717, 1.165) is 30.0 Å². The van der Waals surface area contributed by atoms with Gasteiger partial charge in [0.15, 0.2) is 5.96 Å². The Kier molecular flexibility index (Phi) is 11.5. The molecule has 3 N–H and O–H groups in total. The second kappa shape index (κ2) is 13.3. The number of nitrogens with one attached hydrogen (secondary N) is 3. The molecule has 0 aliphatic heterocycles. The summed E-state index contributed by atoms with van der Waals surface area (Å²) < 4.78 is 7.61. The van der Waals surface area contributed by atoms with Gasteiger partial charge in [-0.05, 0) is 77.8 Å². The number of aliphatic imine (C=N–C) groups is 1. The molecular weight excluding hydrogens is 519 g/mol. The van der Waals surface area contributed by atoms with Crippen LogP contribution in [0.3, 0.4) is 0 Å². The number of hydrogen-bond acceptors (Lipinski definition) is 4. The van der Waals surface area contributed by atoms with Crippen molar-refractivity contribution in [1.29, 1.82) is 0 Å². The van der Waals surface area contributed by atoms with Crippen LogP contribution in [-0.4, -0.2) is 46.4 Å². The molecular formula is C23H37IN6O2. The fourth-order valence-electron chi connectivity index (χ4n) is 2.81. The first-order valence-corrected chi connectivity index (χ1v) is 10.7. The lowest BCUT2D eigenvalue weighted by Gasteiger charge is -2.20. The number of halogens is 1. The normalized spacial score (nSPS) is 11.7. The van der Waals surface area contributed by atoms with Gasteiger partial charge in [0, 0.05) is 30.5 Å². The lowest BCUT2D eigenvalue weighted by atomic mass is 10.1. The summed E-state index contributed by atoms with van der Waals surface area (Å²) in [5, 5.41) is 13.8. The Bertz CT molecular complexity index is 856. The molecule has 32 heavy (non-hydrogen) atoms. The number of rotatable bonds is 9. The average molecular weight is 556 g/mol. The number of carbonyl (C=O) groups excluding carboxylic acids is 1. The molecule has 0 unspecified atom stereocenters. The van der Waals surface area contributed by atoms with Crippen molar-refractivity contribution in [2.45, 2.75) is 66.2 Å². The maximum atomic E-state index is 12.2. The van der Waals surface area contributed by atoms with Gasteiger partial charge in [0.05, 0.1) is 12.3 Å². The van der Waals surface area contributed by atoms with Gasteiger partial charge in [0.1, 0.15) is 12.3 Å². The largest absolute Gasteiger partial charge is 0.491 e. The monoisotopic (exact) mass is 556 g/mol. The number of amides is 1. The Morgan fingerprint density at radius 3 is 2.47 bits per heavy atom. The van der Waals surface area contributed by atoms with Gasteiger partial charge in [-0.15, -0.1) is 24.0 Å². The van der Waals surface area contributed by atoms with E-state index in [9.17, 15) is 4.79 Å². The summed E-state index contributed by atoms with van der Waals surface area (Å²) in [5.41, 5.74) is 1.72. The van der Waals surface area contributed by atoms with Crippen molar-refractivity contribution in [3.63, 3.8) is 0 Å². The van der Waals surface area contributed by atoms with Gasteiger partial charge in [-0.3, -0.25) is 9.48 Å². The van der Waals surface area contributed by atoms with Crippen molar-refractivity contribution in [2.24, 2.45) is 4.99 Å². The van der Waals surface area contributed by atoms with Crippen LogP contribution >= 0.6 is 24.0 Å². The van der Waals surface area contributed by atoms with Gasteiger partial charge in [0.2, 0.25) is 5.91 Å². The molecule has 1 aromatic heterocycles. The van der Waals surface area contributed by atoms with Crippen molar-refractivity contribution < 1.29 is 9.53 Å². The molecule has 0 aliphatic rings. The highest BCUT2D eigenvalue weighted by atomic mass is 127. The summed E-state index contributed by atoms with van der Waals surface area (Å²) in [4.78, 5) is 16.6. The first-order valence-electron chi connectivity index (χ1n) is 10.7. The third-order valence-corrected chi connectivity index (χ3v) is 4.00. The van der Waals surface area contributed by atoms with Gasteiger partial charge in [0.25, 0.3) is 0 Å². The molecule has 0 radical (unpaired) electrons. The first-order chi connectivity index (χ1) is 14.6. The van der Waals surface area contributed by atoms with Gasteiger partial charge in [-0.2, -0.15) is 5.10 Å². The van der Waals surface area contributed by atoms with Crippen molar-refractivity contribution in [3.8, 4) is 5.75 Å². The third kappa shape index (κ3) is 11.4. The first kappa shape index (κ1) is 27.7. The standard InChI is InChI=1S/C23H36N6O2.HI/c1-17(2)31-20-10-8-19(9-11-20)27-22(25-15-21(30)28-23(4,5)6)24-12-7-13-29-16-18(3)14-26-29;/h8-11,14,16-17H,7,12-13,15H2,1-6H3,(H,28,30)(H2,24,25,27);1H. The summed E-state index contributed by atoms with van der Waals surface area (Å²) in [6, 6.07) is 7.67. The highest BCUT2D eigenvalue weighted by Gasteiger charge is 2.13. The van der Waals surface area contributed by atoms with E-state index in [1.807, 2.05) is 82.9 Å². The number of guanidine groups is 1. The number of carbonyl (C=O) groups is 1. The molecule has 0 saturated heterocycles. The van der Waals surface area contributed by atoms with Crippen LogP contribution in [0.4, 0.5) is 5.69 Å². The van der Waals surface area contributed by atoms with Crippen LogP contribution in [0.1, 0.15) is 46.6 Å². The Morgan fingerprint density at radius 1 is 1.22 bits per heavy atom. The average Bonchev–Trinajstić information content (AvgIpc) is 3.08. The summed E-state index contributed by atoms with van der Waals surface area (Å²) in [6.07, 6.45) is 4.86. The quantitative estimate of drug-likeness (QED) is 0.188. The fraction of sp³-hybridized carbons (Fsp3) is 0.522. The second-order valence-corrected chi connectivity index (χ2v) is 8.84. The number of benzene rings is 1. The van der Waals surface area contributed by atoms with Crippen LogP contribution in [0.25, 0.3) is 0 Å². The zero-order chi connectivity index (χ0) is 22.9. The minimum absolute atomic E-state index is 0. The molecule has 0 bridgehead atoms. The summed E-state index contributed by atoms with van der Waals surface area (Å²) in [7, 11) is 0. The molecule has 8 nitrogen and oxygen atoms in total. The molecule has 1 amide bonds. The molecule has 0 atom stereocenters. The Morgan fingerprint density at radius 2 is 1.91 bits per heavy atom. The molecule has 2 aromatic rings. The van der Waals surface area contributed by atoms with Gasteiger partial charge >= 0.3 is 0 Å². The SMILES string of the molecule is Cc1cnn(CCCNC(=NCC(=O)NC(C)(C)C)Nc2ccc(OC(C)C)cc2)c1.I. The van der Waals surface area contributed by atoms with E-state index in [0.29, 0.717) is 12.5 Å².